The van der Waals surface area contributed by atoms with Crippen molar-refractivity contribution in [1.29, 1.82) is 0 Å². The molecule has 4 heteroatoms. The normalized spacial score (nSPS) is 29.4. The molecule has 88 valence electrons. The Morgan fingerprint density at radius 2 is 2.31 bits per heavy atom. The van der Waals surface area contributed by atoms with Gasteiger partial charge in [-0.3, -0.25) is 0 Å². The molecule has 3 heterocycles. The average molecular weight is 285 g/mol. The van der Waals surface area contributed by atoms with Gasteiger partial charge in [-0.2, -0.15) is 0 Å². The quantitative estimate of drug-likeness (QED) is 0.793. The van der Waals surface area contributed by atoms with E-state index in [2.05, 4.69) is 27.4 Å². The monoisotopic (exact) mass is 284 g/mol. The largest absolute Gasteiger partial charge is 0.381 e. The number of ether oxygens (including phenoxy) is 1. The Labute approximate surface area is 104 Å². The first kappa shape index (κ1) is 10.8. The van der Waals surface area contributed by atoms with Gasteiger partial charge in [-0.25, -0.2) is 4.98 Å². The molecule has 0 aromatic carbocycles. The zero-order chi connectivity index (χ0) is 11.1. The van der Waals surface area contributed by atoms with Gasteiger partial charge in [-0.05, 0) is 48.5 Å². The van der Waals surface area contributed by atoms with Gasteiger partial charge >= 0.3 is 0 Å². The Hall–Kier alpha value is -0.350. The fourth-order valence-electron chi connectivity index (χ4n) is 2.89. The number of nitrogens with zero attached hydrogens (tertiary/aromatic N) is 2. The van der Waals surface area contributed by atoms with Crippen molar-refractivity contribution < 1.29 is 4.74 Å². The molecule has 3 nitrogen and oxygen atoms in total. The summed E-state index contributed by atoms with van der Waals surface area (Å²) in [6, 6.07) is 0.596. The van der Waals surface area contributed by atoms with Crippen molar-refractivity contribution in [3.63, 3.8) is 0 Å². The van der Waals surface area contributed by atoms with Crippen molar-refractivity contribution in [2.24, 2.45) is 0 Å². The van der Waals surface area contributed by atoms with Crippen LogP contribution in [-0.4, -0.2) is 22.8 Å². The van der Waals surface area contributed by atoms with Gasteiger partial charge < -0.3 is 9.30 Å². The molecule has 0 bridgehead atoms. The number of rotatable bonds is 1. The second-order valence-corrected chi connectivity index (χ2v) is 5.63. The maximum Gasteiger partial charge on any atom is 0.127 e. The molecule has 0 amide bonds. The van der Waals surface area contributed by atoms with E-state index < -0.39 is 0 Å². The van der Waals surface area contributed by atoms with Crippen LogP contribution in [0.1, 0.15) is 49.7 Å². The Bertz CT molecular complexity index is 396. The maximum absolute atomic E-state index is 5.48. The predicted octanol–water partition coefficient (Wildman–Crippen LogP) is 3.05. The van der Waals surface area contributed by atoms with Crippen molar-refractivity contribution >= 4 is 15.9 Å². The highest BCUT2D eigenvalue weighted by Gasteiger charge is 2.29. The number of fused-ring (bicyclic) bond motifs is 1. The first-order valence-electron chi connectivity index (χ1n) is 6.11. The van der Waals surface area contributed by atoms with Gasteiger partial charge in [0, 0.05) is 18.6 Å². The second-order valence-electron chi connectivity index (χ2n) is 4.88. The van der Waals surface area contributed by atoms with Crippen LogP contribution in [0.25, 0.3) is 0 Å². The van der Waals surface area contributed by atoms with E-state index in [1.165, 1.54) is 24.4 Å². The summed E-state index contributed by atoms with van der Waals surface area (Å²) < 4.78 is 8.99. The summed E-state index contributed by atoms with van der Waals surface area (Å²) in [6.45, 7) is 4.03. The number of imidazole rings is 1. The Morgan fingerprint density at radius 1 is 1.44 bits per heavy atom. The molecular weight excluding hydrogens is 268 g/mol. The fraction of sp³-hybridized carbons (Fsp3) is 0.750. The molecule has 2 aliphatic heterocycles. The molecule has 1 saturated heterocycles. The Kier molecular flexibility index (Phi) is 2.80. The lowest BCUT2D eigenvalue weighted by Crippen LogP contribution is -2.19. The van der Waals surface area contributed by atoms with E-state index in [-0.39, 0.29) is 0 Å². The van der Waals surface area contributed by atoms with Crippen LogP contribution >= 0.6 is 15.9 Å². The standard InChI is InChI=1S/C12H17BrN2O/c1-8-3-2-4-10-11(13)14-12(15(8)10)9-5-6-16-7-9/h8-9H,2-7H2,1H3. The molecule has 1 aromatic heterocycles. The van der Waals surface area contributed by atoms with Crippen molar-refractivity contribution in [2.75, 3.05) is 13.2 Å². The number of hydrogen-bond acceptors (Lipinski definition) is 2. The van der Waals surface area contributed by atoms with Crippen LogP contribution in [0, 0.1) is 0 Å². The van der Waals surface area contributed by atoms with Gasteiger partial charge in [-0.15, -0.1) is 0 Å². The van der Waals surface area contributed by atoms with E-state index in [4.69, 9.17) is 9.72 Å². The van der Waals surface area contributed by atoms with Gasteiger partial charge in [-0.1, -0.05) is 0 Å². The highest BCUT2D eigenvalue weighted by molar-refractivity contribution is 9.10. The SMILES string of the molecule is CC1CCCc2c(Br)nc(C3CCOC3)n21. The average Bonchev–Trinajstić information content (AvgIpc) is 2.87. The molecular formula is C12H17BrN2O. The predicted molar refractivity (Wildman–Crippen MR) is 65.8 cm³/mol. The van der Waals surface area contributed by atoms with Crippen LogP contribution in [-0.2, 0) is 11.2 Å². The van der Waals surface area contributed by atoms with E-state index in [0.29, 0.717) is 12.0 Å². The smallest absolute Gasteiger partial charge is 0.127 e. The van der Waals surface area contributed by atoms with Gasteiger partial charge in [0.1, 0.15) is 10.4 Å². The molecule has 0 spiro atoms. The third kappa shape index (κ3) is 1.63. The molecule has 0 aliphatic carbocycles. The summed E-state index contributed by atoms with van der Waals surface area (Å²) in [4.78, 5) is 4.72. The van der Waals surface area contributed by atoms with Crippen LogP contribution in [0.2, 0.25) is 0 Å². The van der Waals surface area contributed by atoms with Gasteiger partial charge in [0.2, 0.25) is 0 Å². The van der Waals surface area contributed by atoms with E-state index in [0.717, 1.165) is 30.7 Å². The summed E-state index contributed by atoms with van der Waals surface area (Å²) in [5, 5.41) is 0. The van der Waals surface area contributed by atoms with Gasteiger partial charge in [0.15, 0.2) is 0 Å². The second kappa shape index (κ2) is 4.15. The van der Waals surface area contributed by atoms with Crippen LogP contribution in [0.4, 0.5) is 0 Å². The summed E-state index contributed by atoms with van der Waals surface area (Å²) in [5.41, 5.74) is 1.39. The van der Waals surface area contributed by atoms with E-state index >= 15 is 0 Å². The zero-order valence-corrected chi connectivity index (χ0v) is 11.2. The topological polar surface area (TPSA) is 27.1 Å². The van der Waals surface area contributed by atoms with Crippen molar-refractivity contribution in [3.05, 3.63) is 16.1 Å². The van der Waals surface area contributed by atoms with E-state index in [1.807, 2.05) is 0 Å². The molecule has 16 heavy (non-hydrogen) atoms. The maximum atomic E-state index is 5.48. The van der Waals surface area contributed by atoms with Crippen LogP contribution in [0.3, 0.4) is 0 Å². The van der Waals surface area contributed by atoms with E-state index in [1.54, 1.807) is 0 Å². The highest BCUT2D eigenvalue weighted by atomic mass is 79.9. The van der Waals surface area contributed by atoms with Crippen molar-refractivity contribution in [2.45, 2.75) is 44.6 Å². The lowest BCUT2D eigenvalue weighted by molar-refractivity contribution is 0.192. The Balaban J connectivity index is 2.04. The minimum absolute atomic E-state index is 0.505. The number of hydrogen-bond donors (Lipinski definition) is 0. The minimum atomic E-state index is 0.505. The lowest BCUT2D eigenvalue weighted by Gasteiger charge is -2.25. The minimum Gasteiger partial charge on any atom is -0.381 e. The molecule has 3 rings (SSSR count). The third-order valence-electron chi connectivity index (χ3n) is 3.76. The number of halogens is 1. The number of aromatic nitrogens is 2. The van der Waals surface area contributed by atoms with E-state index in [9.17, 15) is 0 Å². The zero-order valence-electron chi connectivity index (χ0n) is 9.58. The summed E-state index contributed by atoms with van der Waals surface area (Å²) in [5.74, 6) is 1.75. The van der Waals surface area contributed by atoms with Crippen LogP contribution in [0.5, 0.6) is 0 Å². The molecule has 2 atom stereocenters. The first-order valence-corrected chi connectivity index (χ1v) is 6.91. The van der Waals surface area contributed by atoms with Gasteiger partial charge in [0.25, 0.3) is 0 Å². The molecule has 2 unspecified atom stereocenters. The summed E-state index contributed by atoms with van der Waals surface area (Å²) in [7, 11) is 0. The molecule has 1 aromatic rings. The summed E-state index contributed by atoms with van der Waals surface area (Å²) in [6.07, 6.45) is 4.84. The highest BCUT2D eigenvalue weighted by Crippen LogP contribution is 2.35. The van der Waals surface area contributed by atoms with Crippen molar-refractivity contribution in [3.8, 4) is 0 Å². The van der Waals surface area contributed by atoms with Crippen LogP contribution in [0.15, 0.2) is 4.60 Å². The third-order valence-corrected chi connectivity index (χ3v) is 4.39. The van der Waals surface area contributed by atoms with Gasteiger partial charge in [0.05, 0.1) is 12.3 Å². The first-order chi connectivity index (χ1) is 7.77. The molecule has 0 radical (unpaired) electrons. The lowest BCUT2D eigenvalue weighted by atomic mass is 10.0. The van der Waals surface area contributed by atoms with Crippen LogP contribution < -0.4 is 0 Å². The Morgan fingerprint density at radius 3 is 3.06 bits per heavy atom. The fourth-order valence-corrected chi connectivity index (χ4v) is 3.46. The summed E-state index contributed by atoms with van der Waals surface area (Å²) >= 11 is 3.60. The molecule has 0 N–H and O–H groups in total. The molecule has 1 fully saturated rings. The van der Waals surface area contributed by atoms with Crippen molar-refractivity contribution in [1.82, 2.24) is 9.55 Å². The molecule has 0 saturated carbocycles. The molecule has 2 aliphatic rings.